The number of nitrogens with zero attached hydrogens (tertiary/aromatic N) is 1. The summed E-state index contributed by atoms with van der Waals surface area (Å²) in [5.41, 5.74) is 2.80. The third kappa shape index (κ3) is 2.35. The van der Waals surface area contributed by atoms with Crippen molar-refractivity contribution in [3.05, 3.63) is 35.4 Å². The molecule has 5 N–H and O–H groups in total. The maximum absolute atomic E-state index is 11.4. The quantitative estimate of drug-likeness (QED) is 0.259. The topological polar surface area (TPSA) is 107 Å². The molecule has 76 valence electrons. The minimum atomic E-state index is -0.414. The Kier molecular flexibility index (Phi) is 5.78. The average molecular weight is 235 g/mol. The van der Waals surface area contributed by atoms with E-state index in [1.807, 2.05) is 5.53 Å². The first-order valence-electron chi connectivity index (χ1n) is 3.70. The first-order chi connectivity index (χ1) is 6.25. The molecule has 0 unspecified atom stereocenters. The van der Waals surface area contributed by atoms with Gasteiger partial charge in [-0.15, -0.1) is 0 Å². The van der Waals surface area contributed by atoms with Crippen molar-refractivity contribution < 1.29 is 15.1 Å². The van der Waals surface area contributed by atoms with Gasteiger partial charge in [0.2, 0.25) is 0 Å². The van der Waals surface area contributed by atoms with E-state index < -0.39 is 11.8 Å². The van der Waals surface area contributed by atoms with Crippen LogP contribution < -0.4 is 11.4 Å². The molecule has 0 spiro atoms. The number of nitrogens with two attached hydrogens (primary N) is 1. The third-order valence-electron chi connectivity index (χ3n) is 1.92. The molecule has 1 heterocycles. The van der Waals surface area contributed by atoms with Gasteiger partial charge < -0.3 is 5.48 Å². The Morgan fingerprint density at radius 2 is 1.47 bits per heavy atom. The van der Waals surface area contributed by atoms with E-state index in [0.29, 0.717) is 11.1 Å². The molecular weight excluding hydrogens is 225 g/mol. The van der Waals surface area contributed by atoms with Crippen LogP contribution in [-0.4, -0.2) is 73.7 Å². The summed E-state index contributed by atoms with van der Waals surface area (Å²) in [5, 5.41) is 0.782. The zero-order chi connectivity index (χ0) is 9.42. The normalized spacial score (nSPS) is 13.0. The second-order valence-corrected chi connectivity index (χ2v) is 2.62. The number of imide groups is 1. The fraction of sp³-hybridized carbons (Fsp3) is 0. The molecule has 0 fully saturated rings. The summed E-state index contributed by atoms with van der Waals surface area (Å²) in [6.45, 7) is 0. The van der Waals surface area contributed by atoms with Crippen molar-refractivity contribution in [2.75, 3.05) is 0 Å². The SMILES string of the molecule is NNN1C(=O)c2ccccc2C1=O.O.[KH]. The zero-order valence-electron chi connectivity index (χ0n) is 7.15. The number of nitrogens with one attached hydrogen (secondary N) is 1. The molecule has 0 aliphatic carbocycles. The number of hydrazine groups is 2. The second kappa shape index (κ2) is 5.82. The molecule has 7 heteroatoms. The van der Waals surface area contributed by atoms with E-state index in [0.717, 1.165) is 5.01 Å². The van der Waals surface area contributed by atoms with Gasteiger partial charge >= 0.3 is 51.4 Å². The number of hydrogen-bond acceptors (Lipinski definition) is 4. The first kappa shape index (κ1) is 14.9. The fourth-order valence-corrected chi connectivity index (χ4v) is 1.31. The molecule has 1 aliphatic rings. The molecule has 0 saturated carbocycles. The van der Waals surface area contributed by atoms with Crippen LogP contribution in [0.3, 0.4) is 0 Å². The van der Waals surface area contributed by atoms with Crippen LogP contribution in [0.1, 0.15) is 20.7 Å². The van der Waals surface area contributed by atoms with Gasteiger partial charge in [0, 0.05) is 0 Å². The maximum atomic E-state index is 11.4. The van der Waals surface area contributed by atoms with Gasteiger partial charge in [-0.25, -0.2) is 0 Å². The van der Waals surface area contributed by atoms with E-state index in [4.69, 9.17) is 5.84 Å². The van der Waals surface area contributed by atoms with Crippen LogP contribution in [-0.2, 0) is 0 Å². The number of amides is 2. The Labute approximate surface area is 128 Å². The standard InChI is InChI=1S/C8H7N3O2.K.H2O.H/c9-10-11-7(12)5-3-1-2-4-6(5)8(11)13;;;/h1-4,10H,9H2;;1H2;. The van der Waals surface area contributed by atoms with Crippen molar-refractivity contribution in [3.8, 4) is 0 Å². The molecule has 1 aromatic carbocycles. The molecule has 1 aliphatic heterocycles. The summed E-state index contributed by atoms with van der Waals surface area (Å²) in [5.74, 6) is 4.20. The summed E-state index contributed by atoms with van der Waals surface area (Å²) in [7, 11) is 0. The molecule has 1 aromatic rings. The predicted molar refractivity (Wildman–Crippen MR) is 55.0 cm³/mol. The van der Waals surface area contributed by atoms with Crippen molar-refractivity contribution in [2.45, 2.75) is 0 Å². The number of benzene rings is 1. The van der Waals surface area contributed by atoms with Crippen molar-refractivity contribution in [3.63, 3.8) is 0 Å². The van der Waals surface area contributed by atoms with E-state index in [-0.39, 0.29) is 56.9 Å². The van der Waals surface area contributed by atoms with Crippen LogP contribution in [0.5, 0.6) is 0 Å². The Balaban J connectivity index is 0.000000980. The van der Waals surface area contributed by atoms with Gasteiger partial charge in [-0.05, 0) is 12.1 Å². The Hall–Kier alpha value is -0.124. The predicted octanol–water partition coefficient (Wildman–Crippen LogP) is -1.81. The van der Waals surface area contributed by atoms with Crippen LogP contribution in [0.25, 0.3) is 0 Å². The van der Waals surface area contributed by atoms with Gasteiger partial charge in [0.05, 0.1) is 11.1 Å². The summed E-state index contributed by atoms with van der Waals surface area (Å²) < 4.78 is 0. The van der Waals surface area contributed by atoms with Gasteiger partial charge in [0.15, 0.2) is 0 Å². The fourth-order valence-electron chi connectivity index (χ4n) is 1.31. The molecule has 0 radical (unpaired) electrons. The molecule has 2 amide bonds. The molecular formula is C8H10KN3O3. The van der Waals surface area contributed by atoms with Crippen LogP contribution in [0.2, 0.25) is 0 Å². The van der Waals surface area contributed by atoms with Gasteiger partial charge in [-0.3, -0.25) is 15.4 Å². The van der Waals surface area contributed by atoms with Gasteiger partial charge in [0.25, 0.3) is 11.8 Å². The Morgan fingerprint density at radius 3 is 1.80 bits per heavy atom. The van der Waals surface area contributed by atoms with E-state index in [1.54, 1.807) is 24.3 Å². The monoisotopic (exact) mass is 235 g/mol. The summed E-state index contributed by atoms with van der Waals surface area (Å²) in [4.78, 5) is 22.8. The molecule has 0 bridgehead atoms. The Morgan fingerprint density at radius 1 is 1.07 bits per heavy atom. The first-order valence-corrected chi connectivity index (χ1v) is 3.70. The molecule has 2 rings (SSSR count). The second-order valence-electron chi connectivity index (χ2n) is 2.62. The van der Waals surface area contributed by atoms with E-state index in [2.05, 4.69) is 0 Å². The van der Waals surface area contributed by atoms with Gasteiger partial charge in [-0.1, -0.05) is 12.1 Å². The number of hydrogen-bond donors (Lipinski definition) is 2. The number of fused-ring (bicyclic) bond motifs is 1. The van der Waals surface area contributed by atoms with E-state index in [1.165, 1.54) is 0 Å². The number of carbonyl (C=O) groups is 2. The summed E-state index contributed by atoms with van der Waals surface area (Å²) >= 11 is 0. The van der Waals surface area contributed by atoms with E-state index in [9.17, 15) is 9.59 Å². The number of carbonyl (C=O) groups excluding carboxylic acids is 2. The molecule has 15 heavy (non-hydrogen) atoms. The van der Waals surface area contributed by atoms with Crippen molar-refractivity contribution in [1.82, 2.24) is 10.5 Å². The summed E-state index contributed by atoms with van der Waals surface area (Å²) in [6, 6.07) is 6.58. The van der Waals surface area contributed by atoms with Crippen LogP contribution in [0.15, 0.2) is 24.3 Å². The van der Waals surface area contributed by atoms with Crippen LogP contribution >= 0.6 is 0 Å². The zero-order valence-corrected chi connectivity index (χ0v) is 7.15. The molecule has 0 aromatic heterocycles. The third-order valence-corrected chi connectivity index (χ3v) is 1.92. The van der Waals surface area contributed by atoms with E-state index >= 15 is 0 Å². The summed E-state index contributed by atoms with van der Waals surface area (Å²) in [6.07, 6.45) is 0. The number of rotatable bonds is 1. The van der Waals surface area contributed by atoms with Gasteiger partial charge in [-0.2, -0.15) is 10.5 Å². The van der Waals surface area contributed by atoms with Crippen molar-refractivity contribution in [2.24, 2.45) is 5.84 Å². The molecule has 0 saturated heterocycles. The minimum absolute atomic E-state index is 0. The molecule has 6 nitrogen and oxygen atoms in total. The average Bonchev–Trinajstić information content (AvgIpc) is 2.41. The van der Waals surface area contributed by atoms with Gasteiger partial charge in [0.1, 0.15) is 0 Å². The Bertz CT molecular complexity index is 361. The van der Waals surface area contributed by atoms with Crippen LogP contribution in [0, 0.1) is 0 Å². The van der Waals surface area contributed by atoms with Crippen molar-refractivity contribution >= 4 is 63.2 Å². The van der Waals surface area contributed by atoms with Crippen LogP contribution in [0.4, 0.5) is 0 Å². The molecule has 0 atom stereocenters. The van der Waals surface area contributed by atoms with Crippen molar-refractivity contribution in [1.29, 1.82) is 0 Å².